The third-order valence-corrected chi connectivity index (χ3v) is 6.71. The van der Waals surface area contributed by atoms with E-state index in [1.807, 2.05) is 20.8 Å². The predicted molar refractivity (Wildman–Crippen MR) is 147 cm³/mol. The van der Waals surface area contributed by atoms with Crippen LogP contribution in [-0.2, 0) is 15.0 Å². The molecule has 1 amide bonds. The number of benzene rings is 3. The molecule has 4 rings (SSSR count). The molecule has 1 heterocycles. The van der Waals surface area contributed by atoms with Crippen LogP contribution >= 0.6 is 0 Å². The van der Waals surface area contributed by atoms with Gasteiger partial charge in [-0.2, -0.15) is 0 Å². The molecule has 0 saturated carbocycles. The van der Waals surface area contributed by atoms with Crippen molar-refractivity contribution in [2.45, 2.75) is 39.2 Å². The van der Waals surface area contributed by atoms with E-state index in [0.717, 1.165) is 22.6 Å². The molecule has 0 aliphatic carbocycles. The number of ketones is 1. The van der Waals surface area contributed by atoms with Crippen LogP contribution in [0.4, 0.5) is 14.5 Å². The topological polar surface area (TPSA) is 85.3 Å². The van der Waals surface area contributed by atoms with Gasteiger partial charge in [0.1, 0.15) is 11.5 Å². The Bertz CT molecular complexity index is 1510. The summed E-state index contributed by atoms with van der Waals surface area (Å²) in [6.07, 6.45) is 0. The standard InChI is InChI=1S/C31H31F2NO6/c1-7-40-25-15-17(8-13-24(25)39-6)27-26(28(35)18-9-12-23(38-5)20(14-18)31(2,3)4)29(36)30(37)34(27)19-10-11-21(32)22(33)16-19/h8-16,27,35H,7H2,1-6H3/b28-26+. The van der Waals surface area contributed by atoms with Gasteiger partial charge in [0.15, 0.2) is 23.1 Å². The van der Waals surface area contributed by atoms with Gasteiger partial charge in [-0.1, -0.05) is 26.8 Å². The van der Waals surface area contributed by atoms with Crippen molar-refractivity contribution in [3.63, 3.8) is 0 Å². The summed E-state index contributed by atoms with van der Waals surface area (Å²) in [6.45, 7) is 8.02. The first kappa shape index (κ1) is 28.6. The SMILES string of the molecule is CCOc1cc(C2/C(=C(\O)c3ccc(OC)c(C(C)(C)C)c3)C(=O)C(=O)N2c2ccc(F)c(F)c2)ccc1OC. The van der Waals surface area contributed by atoms with E-state index in [9.17, 15) is 23.5 Å². The summed E-state index contributed by atoms with van der Waals surface area (Å²) < 4.78 is 44.6. The lowest BCUT2D eigenvalue weighted by molar-refractivity contribution is -0.132. The lowest BCUT2D eigenvalue weighted by Crippen LogP contribution is -2.29. The van der Waals surface area contributed by atoms with Gasteiger partial charge in [-0.3, -0.25) is 14.5 Å². The maximum absolute atomic E-state index is 14.3. The van der Waals surface area contributed by atoms with E-state index >= 15 is 0 Å². The summed E-state index contributed by atoms with van der Waals surface area (Å²) in [5.74, 6) is -3.33. The Hall–Kier alpha value is -4.40. The Morgan fingerprint density at radius 1 is 0.900 bits per heavy atom. The van der Waals surface area contributed by atoms with Crippen molar-refractivity contribution in [2.24, 2.45) is 0 Å². The Kier molecular flexibility index (Phi) is 7.86. The molecule has 0 bridgehead atoms. The average molecular weight is 552 g/mol. The first-order valence-corrected chi connectivity index (χ1v) is 12.7. The van der Waals surface area contributed by atoms with Crippen LogP contribution < -0.4 is 19.1 Å². The van der Waals surface area contributed by atoms with Crippen molar-refractivity contribution in [2.75, 3.05) is 25.7 Å². The Morgan fingerprint density at radius 3 is 2.17 bits per heavy atom. The molecule has 1 saturated heterocycles. The normalized spacial score (nSPS) is 16.8. The molecular weight excluding hydrogens is 520 g/mol. The molecule has 1 fully saturated rings. The number of anilines is 1. The highest BCUT2D eigenvalue weighted by Gasteiger charge is 2.47. The third-order valence-electron chi connectivity index (χ3n) is 6.71. The first-order valence-electron chi connectivity index (χ1n) is 12.7. The molecule has 210 valence electrons. The van der Waals surface area contributed by atoms with Crippen LogP contribution in [0.3, 0.4) is 0 Å². The summed E-state index contributed by atoms with van der Waals surface area (Å²) in [6, 6.07) is 11.5. The van der Waals surface area contributed by atoms with E-state index in [1.165, 1.54) is 20.3 Å². The molecule has 1 atom stereocenters. The molecule has 3 aromatic rings. The highest BCUT2D eigenvalue weighted by Crippen LogP contribution is 2.45. The number of halogens is 2. The molecule has 0 spiro atoms. The molecule has 0 aromatic heterocycles. The van der Waals surface area contributed by atoms with Gasteiger partial charge < -0.3 is 19.3 Å². The number of amides is 1. The summed E-state index contributed by atoms with van der Waals surface area (Å²) in [5, 5.41) is 11.6. The minimum absolute atomic E-state index is 0.0519. The number of nitrogens with zero attached hydrogens (tertiary/aromatic N) is 1. The molecule has 1 unspecified atom stereocenters. The maximum Gasteiger partial charge on any atom is 0.300 e. The van der Waals surface area contributed by atoms with E-state index in [0.29, 0.717) is 29.4 Å². The Balaban J connectivity index is 2.00. The van der Waals surface area contributed by atoms with E-state index in [-0.39, 0.29) is 22.2 Å². The maximum atomic E-state index is 14.3. The van der Waals surface area contributed by atoms with E-state index in [1.54, 1.807) is 43.3 Å². The molecule has 9 heteroatoms. The van der Waals surface area contributed by atoms with Crippen molar-refractivity contribution in [1.29, 1.82) is 0 Å². The number of aliphatic hydroxyl groups is 1. The molecule has 1 aliphatic heterocycles. The number of aliphatic hydroxyl groups excluding tert-OH is 1. The lowest BCUT2D eigenvalue weighted by Gasteiger charge is -2.26. The van der Waals surface area contributed by atoms with Crippen LogP contribution in [0, 0.1) is 11.6 Å². The Morgan fingerprint density at radius 2 is 1.57 bits per heavy atom. The summed E-state index contributed by atoms with van der Waals surface area (Å²) in [4.78, 5) is 28.0. The summed E-state index contributed by atoms with van der Waals surface area (Å²) in [7, 11) is 3.01. The molecule has 1 aliphatic rings. The highest BCUT2D eigenvalue weighted by atomic mass is 19.2. The molecular formula is C31H31F2NO6. The van der Waals surface area contributed by atoms with Gasteiger partial charge in [0.05, 0.1) is 32.4 Å². The molecule has 3 aromatic carbocycles. The first-order chi connectivity index (χ1) is 18.9. The minimum atomic E-state index is -1.19. The number of carbonyl (C=O) groups excluding carboxylic acids is 2. The van der Waals surface area contributed by atoms with Gasteiger partial charge in [0.25, 0.3) is 11.7 Å². The van der Waals surface area contributed by atoms with Crippen molar-refractivity contribution in [3.8, 4) is 17.2 Å². The molecule has 0 radical (unpaired) electrons. The molecule has 1 N–H and O–H groups in total. The lowest BCUT2D eigenvalue weighted by atomic mass is 9.84. The predicted octanol–water partition coefficient (Wildman–Crippen LogP) is 6.30. The fourth-order valence-corrected chi connectivity index (χ4v) is 4.78. The zero-order valence-corrected chi connectivity index (χ0v) is 23.2. The van der Waals surface area contributed by atoms with Crippen LogP contribution in [0.1, 0.15) is 50.4 Å². The number of hydrogen-bond donors (Lipinski definition) is 1. The molecule has 40 heavy (non-hydrogen) atoms. The van der Waals surface area contributed by atoms with Gasteiger partial charge in [-0.15, -0.1) is 0 Å². The van der Waals surface area contributed by atoms with Crippen molar-refractivity contribution < 1.29 is 37.7 Å². The number of methoxy groups -OCH3 is 2. The van der Waals surface area contributed by atoms with Crippen molar-refractivity contribution in [3.05, 3.63) is 88.5 Å². The van der Waals surface area contributed by atoms with E-state index in [2.05, 4.69) is 0 Å². The van der Waals surface area contributed by atoms with Crippen LogP contribution in [0.25, 0.3) is 5.76 Å². The van der Waals surface area contributed by atoms with Crippen LogP contribution in [0.15, 0.2) is 60.2 Å². The van der Waals surface area contributed by atoms with Gasteiger partial charge in [0.2, 0.25) is 0 Å². The smallest absolute Gasteiger partial charge is 0.300 e. The highest BCUT2D eigenvalue weighted by molar-refractivity contribution is 6.51. The van der Waals surface area contributed by atoms with Gasteiger partial charge in [-0.25, -0.2) is 8.78 Å². The number of hydrogen-bond acceptors (Lipinski definition) is 6. The van der Waals surface area contributed by atoms with Crippen LogP contribution in [-0.4, -0.2) is 37.6 Å². The molecule has 7 nitrogen and oxygen atoms in total. The van der Waals surface area contributed by atoms with Gasteiger partial charge in [0, 0.05) is 22.9 Å². The second-order valence-electron chi connectivity index (χ2n) is 10.3. The third kappa shape index (κ3) is 5.11. The number of Topliss-reactive ketones (excluding diaryl/α,β-unsaturated/α-hetero) is 1. The van der Waals surface area contributed by atoms with Crippen LogP contribution in [0.2, 0.25) is 0 Å². The fourth-order valence-electron chi connectivity index (χ4n) is 4.78. The fraction of sp³-hybridized carbons (Fsp3) is 0.290. The summed E-state index contributed by atoms with van der Waals surface area (Å²) in [5.41, 5.74) is 0.808. The second kappa shape index (κ2) is 11.0. The number of ether oxygens (including phenoxy) is 3. The van der Waals surface area contributed by atoms with Gasteiger partial charge >= 0.3 is 0 Å². The monoisotopic (exact) mass is 551 g/mol. The quantitative estimate of drug-likeness (QED) is 0.211. The summed E-state index contributed by atoms with van der Waals surface area (Å²) >= 11 is 0. The zero-order chi connectivity index (χ0) is 29.4. The van der Waals surface area contributed by atoms with Crippen molar-refractivity contribution >= 4 is 23.1 Å². The second-order valence-corrected chi connectivity index (χ2v) is 10.3. The van der Waals surface area contributed by atoms with Crippen LogP contribution in [0.5, 0.6) is 17.2 Å². The van der Waals surface area contributed by atoms with E-state index < -0.39 is 35.1 Å². The van der Waals surface area contributed by atoms with Gasteiger partial charge in [-0.05, 0) is 60.4 Å². The zero-order valence-electron chi connectivity index (χ0n) is 23.2. The minimum Gasteiger partial charge on any atom is -0.507 e. The van der Waals surface area contributed by atoms with Crippen molar-refractivity contribution in [1.82, 2.24) is 0 Å². The Labute approximate surface area is 231 Å². The average Bonchev–Trinajstić information content (AvgIpc) is 3.19. The number of rotatable bonds is 7. The largest absolute Gasteiger partial charge is 0.507 e. The van der Waals surface area contributed by atoms with E-state index in [4.69, 9.17) is 14.2 Å². The number of carbonyl (C=O) groups is 2.